The molecule has 3 rings (SSSR count). The van der Waals surface area contributed by atoms with Gasteiger partial charge in [-0.2, -0.15) is 0 Å². The lowest BCUT2D eigenvalue weighted by Gasteiger charge is -2.31. The highest BCUT2D eigenvalue weighted by Crippen LogP contribution is 2.31. The minimum absolute atomic E-state index is 0.00459. The predicted octanol–water partition coefficient (Wildman–Crippen LogP) is 3.56. The Morgan fingerprint density at radius 2 is 1.76 bits per heavy atom. The maximum Gasteiger partial charge on any atom is 0.268 e. The molecule has 5 nitrogen and oxygen atoms in total. The Kier molecular flexibility index (Phi) is 4.74. The van der Waals surface area contributed by atoms with Crippen molar-refractivity contribution in [1.82, 2.24) is 0 Å². The largest absolute Gasteiger partial charge is 0.481 e. The van der Waals surface area contributed by atoms with E-state index < -0.39 is 6.10 Å². The number of nitrogens with zero attached hydrogens (tertiary/aromatic N) is 1. The summed E-state index contributed by atoms with van der Waals surface area (Å²) in [5.74, 6) is 0.552. The molecular weight excluding hydrogens is 316 g/mol. The van der Waals surface area contributed by atoms with Gasteiger partial charge in [-0.3, -0.25) is 14.5 Å². The standard InChI is InChI=1S/C20H22N2O3/c1-13(2)15-8-4-7-11-18(15)25-14(3)20(24)22-12-19(23)21-16-9-5-6-10-17(16)22/h4-11,13-14H,12H2,1-3H3,(H,21,23)/t14-/m1/s1. The predicted molar refractivity (Wildman–Crippen MR) is 98.0 cm³/mol. The molecular formula is C20H22N2O3. The smallest absolute Gasteiger partial charge is 0.268 e. The normalized spacial score (nSPS) is 14.7. The van der Waals surface area contributed by atoms with Gasteiger partial charge in [-0.1, -0.05) is 44.2 Å². The van der Waals surface area contributed by atoms with Crippen LogP contribution >= 0.6 is 0 Å². The molecule has 2 amide bonds. The first-order chi connectivity index (χ1) is 12.0. The molecule has 0 saturated carbocycles. The van der Waals surface area contributed by atoms with Crippen molar-refractivity contribution in [3.63, 3.8) is 0 Å². The number of fused-ring (bicyclic) bond motifs is 1. The lowest BCUT2D eigenvalue weighted by molar-refractivity contribution is -0.126. The van der Waals surface area contributed by atoms with Crippen LogP contribution in [0.4, 0.5) is 11.4 Å². The van der Waals surface area contributed by atoms with Gasteiger partial charge in [0.15, 0.2) is 6.10 Å². The SMILES string of the molecule is CC(C)c1ccccc1O[C@H](C)C(=O)N1CC(=O)Nc2ccccc21. The summed E-state index contributed by atoms with van der Waals surface area (Å²) in [5, 5.41) is 2.78. The number of anilines is 2. The zero-order valence-corrected chi connectivity index (χ0v) is 14.7. The zero-order chi connectivity index (χ0) is 18.0. The van der Waals surface area contributed by atoms with E-state index >= 15 is 0 Å². The first-order valence-corrected chi connectivity index (χ1v) is 8.43. The number of ether oxygens (including phenoxy) is 1. The van der Waals surface area contributed by atoms with Gasteiger partial charge in [0.05, 0.1) is 11.4 Å². The molecule has 2 aromatic carbocycles. The first kappa shape index (κ1) is 17.0. The Hall–Kier alpha value is -2.82. The summed E-state index contributed by atoms with van der Waals surface area (Å²) >= 11 is 0. The van der Waals surface area contributed by atoms with Crippen LogP contribution in [0.2, 0.25) is 0 Å². The Labute approximate surface area is 147 Å². The minimum atomic E-state index is -0.696. The average Bonchev–Trinajstić information content (AvgIpc) is 2.60. The van der Waals surface area contributed by atoms with Crippen molar-refractivity contribution >= 4 is 23.2 Å². The summed E-state index contributed by atoms with van der Waals surface area (Å²) in [6, 6.07) is 15.0. The molecule has 130 valence electrons. The van der Waals surface area contributed by atoms with Gasteiger partial charge in [-0.05, 0) is 36.6 Å². The molecule has 1 aliphatic rings. The highest BCUT2D eigenvalue weighted by atomic mass is 16.5. The highest BCUT2D eigenvalue weighted by molar-refractivity contribution is 6.10. The number of hydrogen-bond acceptors (Lipinski definition) is 3. The third kappa shape index (κ3) is 3.50. The second kappa shape index (κ2) is 6.97. The number of carbonyl (C=O) groups excluding carboxylic acids is 2. The summed E-state index contributed by atoms with van der Waals surface area (Å²) in [6.07, 6.45) is -0.696. The maximum atomic E-state index is 12.9. The number of hydrogen-bond donors (Lipinski definition) is 1. The van der Waals surface area contributed by atoms with Crippen LogP contribution < -0.4 is 15.0 Å². The molecule has 0 unspecified atom stereocenters. The van der Waals surface area contributed by atoms with Gasteiger partial charge in [0, 0.05) is 0 Å². The van der Waals surface area contributed by atoms with Crippen LogP contribution in [0.3, 0.4) is 0 Å². The van der Waals surface area contributed by atoms with Crippen molar-refractivity contribution in [2.45, 2.75) is 32.8 Å². The summed E-state index contributed by atoms with van der Waals surface area (Å²) in [6.45, 7) is 5.88. The quantitative estimate of drug-likeness (QED) is 0.927. The molecule has 1 atom stereocenters. The van der Waals surface area contributed by atoms with Gasteiger partial charge >= 0.3 is 0 Å². The first-order valence-electron chi connectivity index (χ1n) is 8.43. The molecule has 0 spiro atoms. The fraction of sp³-hybridized carbons (Fsp3) is 0.300. The van der Waals surface area contributed by atoms with Crippen molar-refractivity contribution in [3.05, 3.63) is 54.1 Å². The Balaban J connectivity index is 1.83. The molecule has 0 bridgehead atoms. The fourth-order valence-electron chi connectivity index (χ4n) is 2.96. The lowest BCUT2D eigenvalue weighted by atomic mass is 10.0. The summed E-state index contributed by atoms with van der Waals surface area (Å²) in [7, 11) is 0. The van der Waals surface area contributed by atoms with Crippen LogP contribution in [0, 0.1) is 0 Å². The Morgan fingerprint density at radius 1 is 1.08 bits per heavy atom. The lowest BCUT2D eigenvalue weighted by Crippen LogP contribution is -2.47. The molecule has 1 heterocycles. The third-order valence-corrected chi connectivity index (χ3v) is 4.23. The molecule has 0 aliphatic carbocycles. The molecule has 5 heteroatoms. The molecule has 1 aliphatic heterocycles. The fourth-order valence-corrected chi connectivity index (χ4v) is 2.96. The van der Waals surface area contributed by atoms with E-state index in [9.17, 15) is 9.59 Å². The van der Waals surface area contributed by atoms with Crippen LogP contribution in [0.25, 0.3) is 0 Å². The maximum absolute atomic E-state index is 12.9. The average molecular weight is 338 g/mol. The van der Waals surface area contributed by atoms with Gasteiger partial charge in [-0.25, -0.2) is 0 Å². The Bertz CT molecular complexity index is 801. The number of para-hydroxylation sites is 3. The van der Waals surface area contributed by atoms with Gasteiger partial charge in [0.25, 0.3) is 5.91 Å². The van der Waals surface area contributed by atoms with Crippen LogP contribution in [0.15, 0.2) is 48.5 Å². The minimum Gasteiger partial charge on any atom is -0.481 e. The van der Waals surface area contributed by atoms with E-state index in [0.717, 1.165) is 5.56 Å². The van der Waals surface area contributed by atoms with Crippen molar-refractivity contribution in [3.8, 4) is 5.75 Å². The van der Waals surface area contributed by atoms with E-state index in [2.05, 4.69) is 19.2 Å². The zero-order valence-electron chi connectivity index (χ0n) is 14.7. The van der Waals surface area contributed by atoms with Crippen LogP contribution in [-0.4, -0.2) is 24.5 Å². The molecule has 0 radical (unpaired) electrons. The number of benzene rings is 2. The molecule has 0 fully saturated rings. The van der Waals surface area contributed by atoms with Gasteiger partial charge in [0.2, 0.25) is 5.91 Å². The third-order valence-electron chi connectivity index (χ3n) is 4.23. The molecule has 0 saturated heterocycles. The summed E-state index contributed by atoms with van der Waals surface area (Å²) in [5.41, 5.74) is 2.39. The van der Waals surface area contributed by atoms with Crippen molar-refractivity contribution in [2.75, 3.05) is 16.8 Å². The molecule has 25 heavy (non-hydrogen) atoms. The molecule has 0 aromatic heterocycles. The molecule has 2 aromatic rings. The number of amides is 2. The Morgan fingerprint density at radius 3 is 2.52 bits per heavy atom. The van der Waals surface area contributed by atoms with E-state index in [4.69, 9.17) is 4.74 Å². The topological polar surface area (TPSA) is 58.6 Å². The van der Waals surface area contributed by atoms with Crippen molar-refractivity contribution in [2.24, 2.45) is 0 Å². The van der Waals surface area contributed by atoms with Crippen molar-refractivity contribution < 1.29 is 14.3 Å². The second-order valence-corrected chi connectivity index (χ2v) is 6.44. The van der Waals surface area contributed by atoms with E-state index in [1.165, 1.54) is 4.90 Å². The van der Waals surface area contributed by atoms with E-state index in [1.807, 2.05) is 42.5 Å². The highest BCUT2D eigenvalue weighted by Gasteiger charge is 2.30. The van der Waals surface area contributed by atoms with Crippen molar-refractivity contribution in [1.29, 1.82) is 0 Å². The van der Waals surface area contributed by atoms with E-state index in [-0.39, 0.29) is 18.4 Å². The van der Waals surface area contributed by atoms with Crippen LogP contribution in [0.5, 0.6) is 5.75 Å². The monoisotopic (exact) mass is 338 g/mol. The second-order valence-electron chi connectivity index (χ2n) is 6.44. The van der Waals surface area contributed by atoms with E-state index in [0.29, 0.717) is 23.0 Å². The molecule has 1 N–H and O–H groups in total. The van der Waals surface area contributed by atoms with Gasteiger partial charge in [0.1, 0.15) is 12.3 Å². The summed E-state index contributed by atoms with van der Waals surface area (Å²) in [4.78, 5) is 26.3. The number of rotatable bonds is 4. The van der Waals surface area contributed by atoms with Crippen LogP contribution in [-0.2, 0) is 9.59 Å². The number of carbonyl (C=O) groups is 2. The van der Waals surface area contributed by atoms with Gasteiger partial charge < -0.3 is 10.1 Å². The van der Waals surface area contributed by atoms with Crippen LogP contribution in [0.1, 0.15) is 32.3 Å². The van der Waals surface area contributed by atoms with E-state index in [1.54, 1.807) is 13.0 Å². The van der Waals surface area contributed by atoms with Gasteiger partial charge in [-0.15, -0.1) is 0 Å². The summed E-state index contributed by atoms with van der Waals surface area (Å²) < 4.78 is 5.95. The number of nitrogens with one attached hydrogen (secondary N) is 1.